The maximum Gasteiger partial charge on any atom is 0.227 e. The van der Waals surface area contributed by atoms with Crippen molar-refractivity contribution >= 4 is 17.5 Å². The van der Waals surface area contributed by atoms with Crippen molar-refractivity contribution in [3.63, 3.8) is 0 Å². The summed E-state index contributed by atoms with van der Waals surface area (Å²) in [7, 11) is 0. The Balaban J connectivity index is 1.34. The van der Waals surface area contributed by atoms with E-state index in [0.29, 0.717) is 32.5 Å². The molecule has 2 aliphatic rings. The minimum absolute atomic E-state index is 0.0620. The molecule has 1 aromatic heterocycles. The van der Waals surface area contributed by atoms with Crippen LogP contribution in [0.3, 0.4) is 0 Å². The molecule has 0 aliphatic carbocycles. The topological polar surface area (TPSA) is 62.7 Å². The van der Waals surface area contributed by atoms with Gasteiger partial charge in [-0.2, -0.15) is 0 Å². The lowest BCUT2D eigenvalue weighted by molar-refractivity contribution is -0.136. The summed E-state index contributed by atoms with van der Waals surface area (Å²) < 4.78 is 5.77. The number of pyridine rings is 1. The number of anilines is 1. The molecule has 0 N–H and O–H groups in total. The Morgan fingerprint density at radius 1 is 1.18 bits per heavy atom. The monoisotopic (exact) mass is 379 g/mol. The molecule has 0 radical (unpaired) electrons. The number of aromatic nitrogens is 1. The van der Waals surface area contributed by atoms with Crippen LogP contribution in [0, 0.1) is 0 Å². The number of fused-ring (bicyclic) bond motifs is 1. The summed E-state index contributed by atoms with van der Waals surface area (Å²) in [6, 6.07) is 12.1. The molecule has 3 heterocycles. The van der Waals surface area contributed by atoms with Crippen LogP contribution in [0.25, 0.3) is 0 Å². The number of hydrogen-bond donors (Lipinski definition) is 0. The van der Waals surface area contributed by atoms with Crippen molar-refractivity contribution in [1.29, 1.82) is 0 Å². The minimum atomic E-state index is -0.186. The number of amides is 2. The predicted molar refractivity (Wildman–Crippen MR) is 106 cm³/mol. The second kappa shape index (κ2) is 8.10. The van der Waals surface area contributed by atoms with Gasteiger partial charge in [0, 0.05) is 38.3 Å². The lowest BCUT2D eigenvalue weighted by Crippen LogP contribution is -2.41. The van der Waals surface area contributed by atoms with E-state index >= 15 is 0 Å². The van der Waals surface area contributed by atoms with Crippen molar-refractivity contribution in [2.45, 2.75) is 32.3 Å². The molecule has 1 fully saturated rings. The van der Waals surface area contributed by atoms with Gasteiger partial charge in [0.05, 0.1) is 18.8 Å². The molecule has 1 unspecified atom stereocenters. The molecule has 2 amide bonds. The first-order valence-electron chi connectivity index (χ1n) is 9.82. The van der Waals surface area contributed by atoms with E-state index in [9.17, 15) is 9.59 Å². The van der Waals surface area contributed by atoms with E-state index in [4.69, 9.17) is 4.74 Å². The first-order valence-corrected chi connectivity index (χ1v) is 9.82. The fraction of sp³-hybridized carbons (Fsp3) is 0.409. The van der Waals surface area contributed by atoms with Gasteiger partial charge >= 0.3 is 0 Å². The molecule has 6 heteroatoms. The normalized spacial score (nSPS) is 18.8. The van der Waals surface area contributed by atoms with Crippen molar-refractivity contribution in [1.82, 2.24) is 9.88 Å². The van der Waals surface area contributed by atoms with Crippen LogP contribution in [-0.2, 0) is 27.2 Å². The Kier molecular flexibility index (Phi) is 5.39. The average Bonchev–Trinajstić information content (AvgIpc) is 3.17. The summed E-state index contributed by atoms with van der Waals surface area (Å²) in [5, 5.41) is 0. The van der Waals surface area contributed by atoms with E-state index in [2.05, 4.69) is 11.1 Å². The Morgan fingerprint density at radius 3 is 2.82 bits per heavy atom. The van der Waals surface area contributed by atoms with Crippen LogP contribution in [0.4, 0.5) is 5.69 Å². The summed E-state index contributed by atoms with van der Waals surface area (Å²) in [5.74, 6) is 0.216. The van der Waals surface area contributed by atoms with Gasteiger partial charge < -0.3 is 14.5 Å². The quantitative estimate of drug-likeness (QED) is 0.819. The molecule has 4 rings (SSSR count). The smallest absolute Gasteiger partial charge is 0.227 e. The number of rotatable bonds is 4. The molecule has 1 aromatic carbocycles. The maximum absolute atomic E-state index is 12.6. The predicted octanol–water partition coefficient (Wildman–Crippen LogP) is 2.52. The highest BCUT2D eigenvalue weighted by molar-refractivity contribution is 5.95. The first-order chi connectivity index (χ1) is 13.6. The van der Waals surface area contributed by atoms with E-state index in [1.54, 1.807) is 11.8 Å². The Labute approximate surface area is 165 Å². The van der Waals surface area contributed by atoms with Gasteiger partial charge in [-0.05, 0) is 36.1 Å². The first kappa shape index (κ1) is 18.6. The van der Waals surface area contributed by atoms with E-state index < -0.39 is 0 Å². The zero-order chi connectivity index (χ0) is 19.5. The number of carbonyl (C=O) groups excluding carboxylic acids is 2. The van der Waals surface area contributed by atoms with Crippen LogP contribution >= 0.6 is 0 Å². The number of ether oxygens (including phenoxy) is 1. The largest absolute Gasteiger partial charge is 0.368 e. The molecule has 0 saturated carbocycles. The fourth-order valence-corrected chi connectivity index (χ4v) is 3.87. The SMILES string of the molecule is CC(=O)N1CCOC(c2ccc(CCC(=O)N3CCc4ccccc43)cn2)C1. The van der Waals surface area contributed by atoms with Gasteiger partial charge in [-0.25, -0.2) is 0 Å². The van der Waals surface area contributed by atoms with E-state index in [1.807, 2.05) is 41.4 Å². The molecule has 0 spiro atoms. The standard InChI is InChI=1S/C22H25N3O3/c1-16(26)24-12-13-28-21(15-24)19-8-6-17(14-23-19)7-9-22(27)25-11-10-18-4-2-3-5-20(18)25/h2-6,8,14,21H,7,9-13,15H2,1H3. The highest BCUT2D eigenvalue weighted by Crippen LogP contribution is 2.28. The van der Waals surface area contributed by atoms with Gasteiger partial charge in [0.15, 0.2) is 0 Å². The Bertz CT molecular complexity index is 866. The second-order valence-electron chi connectivity index (χ2n) is 7.34. The van der Waals surface area contributed by atoms with Crippen molar-refractivity contribution in [2.75, 3.05) is 31.1 Å². The molecular formula is C22H25N3O3. The highest BCUT2D eigenvalue weighted by atomic mass is 16.5. The van der Waals surface area contributed by atoms with Crippen LogP contribution in [0.2, 0.25) is 0 Å². The maximum atomic E-state index is 12.6. The summed E-state index contributed by atoms with van der Waals surface area (Å²) >= 11 is 0. The summed E-state index contributed by atoms with van der Waals surface area (Å²) in [6.45, 7) is 4.04. The highest BCUT2D eigenvalue weighted by Gasteiger charge is 2.25. The molecule has 2 aliphatic heterocycles. The number of benzene rings is 1. The molecule has 1 atom stereocenters. The third-order valence-corrected chi connectivity index (χ3v) is 5.51. The summed E-state index contributed by atoms with van der Waals surface area (Å²) in [4.78, 5) is 32.4. The van der Waals surface area contributed by atoms with Crippen LogP contribution in [0.1, 0.15) is 36.3 Å². The van der Waals surface area contributed by atoms with Crippen LogP contribution in [0.5, 0.6) is 0 Å². The molecule has 28 heavy (non-hydrogen) atoms. The summed E-state index contributed by atoms with van der Waals surface area (Å²) in [5.41, 5.74) is 4.15. The molecule has 2 aromatic rings. The third kappa shape index (κ3) is 3.92. The molecule has 146 valence electrons. The van der Waals surface area contributed by atoms with E-state index in [1.165, 1.54) is 5.56 Å². The van der Waals surface area contributed by atoms with Crippen molar-refractivity contribution < 1.29 is 14.3 Å². The lowest BCUT2D eigenvalue weighted by Gasteiger charge is -2.32. The number of nitrogens with zero attached hydrogens (tertiary/aromatic N) is 3. The number of hydrogen-bond acceptors (Lipinski definition) is 4. The molecule has 0 bridgehead atoms. The second-order valence-corrected chi connectivity index (χ2v) is 7.34. The summed E-state index contributed by atoms with van der Waals surface area (Å²) in [6.07, 6.45) is 3.69. The Hall–Kier alpha value is -2.73. The number of carbonyl (C=O) groups is 2. The number of para-hydroxylation sites is 1. The number of morpholine rings is 1. The van der Waals surface area contributed by atoms with Crippen molar-refractivity contribution in [3.8, 4) is 0 Å². The van der Waals surface area contributed by atoms with Gasteiger partial charge in [-0.1, -0.05) is 24.3 Å². The minimum Gasteiger partial charge on any atom is -0.368 e. The number of aryl methyl sites for hydroxylation is 1. The van der Waals surface area contributed by atoms with Crippen LogP contribution < -0.4 is 4.90 Å². The zero-order valence-electron chi connectivity index (χ0n) is 16.1. The zero-order valence-corrected chi connectivity index (χ0v) is 16.1. The van der Waals surface area contributed by atoms with Gasteiger partial charge in [-0.3, -0.25) is 14.6 Å². The lowest BCUT2D eigenvalue weighted by atomic mass is 10.1. The Morgan fingerprint density at radius 2 is 2.04 bits per heavy atom. The molecule has 6 nitrogen and oxygen atoms in total. The van der Waals surface area contributed by atoms with Crippen molar-refractivity contribution in [3.05, 3.63) is 59.4 Å². The van der Waals surface area contributed by atoms with Gasteiger partial charge in [0.1, 0.15) is 6.10 Å². The fourth-order valence-electron chi connectivity index (χ4n) is 3.87. The van der Waals surface area contributed by atoms with E-state index in [0.717, 1.165) is 29.9 Å². The van der Waals surface area contributed by atoms with Crippen molar-refractivity contribution in [2.24, 2.45) is 0 Å². The van der Waals surface area contributed by atoms with E-state index in [-0.39, 0.29) is 17.9 Å². The van der Waals surface area contributed by atoms with Crippen LogP contribution in [0.15, 0.2) is 42.6 Å². The molecule has 1 saturated heterocycles. The van der Waals surface area contributed by atoms with Gasteiger partial charge in [0.25, 0.3) is 0 Å². The van der Waals surface area contributed by atoms with Crippen LogP contribution in [-0.4, -0.2) is 47.9 Å². The average molecular weight is 379 g/mol. The van der Waals surface area contributed by atoms with Gasteiger partial charge in [0.2, 0.25) is 11.8 Å². The third-order valence-electron chi connectivity index (χ3n) is 5.51. The van der Waals surface area contributed by atoms with Gasteiger partial charge in [-0.15, -0.1) is 0 Å². The molecular weight excluding hydrogens is 354 g/mol.